The Kier molecular flexibility index (Phi) is 3.00. The lowest BCUT2D eigenvalue weighted by Gasteiger charge is -2.16. The van der Waals surface area contributed by atoms with Gasteiger partial charge in [-0.25, -0.2) is 0 Å². The van der Waals surface area contributed by atoms with Crippen molar-refractivity contribution in [3.05, 3.63) is 0 Å². The summed E-state index contributed by atoms with van der Waals surface area (Å²) in [7, 11) is 0. The van der Waals surface area contributed by atoms with Crippen molar-refractivity contribution < 1.29 is 18.7 Å². The molecule has 0 radical (unpaired) electrons. The molecule has 3 atom stereocenters. The molecule has 0 aromatic heterocycles. The van der Waals surface area contributed by atoms with Crippen LogP contribution in [0.25, 0.3) is 0 Å². The van der Waals surface area contributed by atoms with Crippen molar-refractivity contribution in [3.63, 3.8) is 0 Å². The van der Waals surface area contributed by atoms with Crippen LogP contribution in [-0.4, -0.2) is 20.7 Å². The quantitative estimate of drug-likeness (QED) is 0.805. The predicted octanol–water partition coefficient (Wildman–Crippen LogP) is 3.09. The summed E-state index contributed by atoms with van der Waals surface area (Å²) >= 11 is 5.09. The second-order valence-corrected chi connectivity index (χ2v) is 6.15. The number of hydrogen-bond donors (Lipinski definition) is 1. The lowest BCUT2D eigenvalue weighted by molar-refractivity contribution is -0.139. The van der Waals surface area contributed by atoms with Gasteiger partial charge in [0.1, 0.15) is 0 Å². The molecular formula is C8H10Br2F2O2. The van der Waals surface area contributed by atoms with Gasteiger partial charge in [-0.2, -0.15) is 8.78 Å². The zero-order valence-corrected chi connectivity index (χ0v) is 10.8. The molecule has 1 aliphatic carbocycles. The van der Waals surface area contributed by atoms with Crippen LogP contribution >= 0.6 is 31.9 Å². The van der Waals surface area contributed by atoms with E-state index < -0.39 is 32.9 Å². The average Bonchev–Trinajstić information content (AvgIpc) is 2.49. The number of hydrogen-bond acceptors (Lipinski definition) is 1. The Morgan fingerprint density at radius 3 is 2.21 bits per heavy atom. The molecule has 6 heteroatoms. The first-order valence-electron chi connectivity index (χ1n) is 4.03. The summed E-state index contributed by atoms with van der Waals surface area (Å²) < 4.78 is 25.7. The highest BCUT2D eigenvalue weighted by Crippen LogP contribution is 2.64. The van der Waals surface area contributed by atoms with E-state index in [1.807, 2.05) is 0 Å². The summed E-state index contributed by atoms with van der Waals surface area (Å²) in [4.78, 5) is 6.52. The van der Waals surface area contributed by atoms with Crippen molar-refractivity contribution in [1.29, 1.82) is 0 Å². The number of carboxylic acids is 1. The predicted molar refractivity (Wildman–Crippen MR) is 55.0 cm³/mol. The van der Waals surface area contributed by atoms with Crippen LogP contribution in [0.4, 0.5) is 8.78 Å². The Morgan fingerprint density at radius 1 is 1.57 bits per heavy atom. The normalized spacial score (nSPS) is 32.4. The molecular weight excluding hydrogens is 326 g/mol. The summed E-state index contributed by atoms with van der Waals surface area (Å²) in [6.45, 7) is 3.37. The van der Waals surface area contributed by atoms with E-state index in [9.17, 15) is 13.6 Å². The highest BCUT2D eigenvalue weighted by atomic mass is 79.9. The summed E-state index contributed by atoms with van der Waals surface area (Å²) in [6.07, 6.45) is 0. The first-order chi connectivity index (χ1) is 6.10. The van der Waals surface area contributed by atoms with Gasteiger partial charge in [-0.1, -0.05) is 29.8 Å². The van der Waals surface area contributed by atoms with E-state index >= 15 is 0 Å². The van der Waals surface area contributed by atoms with Crippen LogP contribution < -0.4 is 0 Å². The molecule has 0 aromatic carbocycles. The minimum Gasteiger partial charge on any atom is -0.481 e. The number of rotatable bonds is 3. The number of halogens is 4. The highest BCUT2D eigenvalue weighted by molar-refractivity contribution is 9.12. The number of carboxylic acid groups (broad SMARTS) is 1. The van der Waals surface area contributed by atoms with Crippen molar-refractivity contribution in [2.45, 2.75) is 23.5 Å². The highest BCUT2D eigenvalue weighted by Gasteiger charge is 2.68. The van der Waals surface area contributed by atoms with Crippen molar-refractivity contribution in [3.8, 4) is 0 Å². The van der Waals surface area contributed by atoms with Crippen LogP contribution in [0.1, 0.15) is 13.8 Å². The van der Waals surface area contributed by atoms with Crippen molar-refractivity contribution in [2.75, 3.05) is 0 Å². The van der Waals surface area contributed by atoms with E-state index in [4.69, 9.17) is 5.11 Å². The fourth-order valence-electron chi connectivity index (χ4n) is 1.90. The Hall–Kier alpha value is 0.290. The van der Waals surface area contributed by atoms with Crippen LogP contribution in [0.5, 0.6) is 0 Å². The van der Waals surface area contributed by atoms with Gasteiger partial charge in [-0.05, 0) is 27.3 Å². The topological polar surface area (TPSA) is 37.3 Å². The van der Waals surface area contributed by atoms with Gasteiger partial charge in [0.05, 0.1) is 10.7 Å². The van der Waals surface area contributed by atoms with Gasteiger partial charge in [0.25, 0.3) is 0 Å². The molecule has 0 bridgehead atoms. The SMILES string of the molecule is CC1(C)[C@H](C(=O)O)[C@@H]1C(Br)C(F)(F)Br. The summed E-state index contributed by atoms with van der Waals surface area (Å²) in [5, 5.41) is 8.79. The molecule has 1 rings (SSSR count). The first-order valence-corrected chi connectivity index (χ1v) is 5.74. The van der Waals surface area contributed by atoms with Gasteiger partial charge >= 0.3 is 10.8 Å². The molecule has 1 N–H and O–H groups in total. The van der Waals surface area contributed by atoms with E-state index in [0.717, 1.165) is 0 Å². The Balaban J connectivity index is 2.79. The Labute approximate surface area is 97.3 Å². The lowest BCUT2D eigenvalue weighted by Crippen LogP contribution is -2.25. The van der Waals surface area contributed by atoms with Gasteiger partial charge < -0.3 is 5.11 Å². The van der Waals surface area contributed by atoms with Gasteiger partial charge in [0, 0.05) is 0 Å². The monoisotopic (exact) mass is 334 g/mol. The minimum absolute atomic E-state index is 0.547. The van der Waals surface area contributed by atoms with E-state index in [-0.39, 0.29) is 0 Å². The second kappa shape index (κ2) is 3.40. The van der Waals surface area contributed by atoms with Gasteiger partial charge in [0.15, 0.2) is 0 Å². The molecule has 0 aliphatic heterocycles. The molecule has 0 aromatic rings. The smallest absolute Gasteiger partial charge is 0.313 e. The molecule has 14 heavy (non-hydrogen) atoms. The third-order valence-corrected chi connectivity index (χ3v) is 5.06. The molecule has 0 amide bonds. The van der Waals surface area contributed by atoms with Crippen molar-refractivity contribution >= 4 is 37.8 Å². The van der Waals surface area contributed by atoms with E-state index in [0.29, 0.717) is 0 Å². The largest absolute Gasteiger partial charge is 0.481 e. The molecule has 82 valence electrons. The maximum Gasteiger partial charge on any atom is 0.313 e. The zero-order chi connectivity index (χ0) is 11.3. The molecule has 1 unspecified atom stereocenters. The summed E-state index contributed by atoms with van der Waals surface area (Å²) in [6, 6.07) is 0. The average molecular weight is 336 g/mol. The third-order valence-electron chi connectivity index (χ3n) is 2.80. The van der Waals surface area contributed by atoms with Crippen molar-refractivity contribution in [1.82, 2.24) is 0 Å². The van der Waals surface area contributed by atoms with Crippen LogP contribution in [0.2, 0.25) is 0 Å². The molecule has 1 aliphatic rings. The third kappa shape index (κ3) is 1.96. The first kappa shape index (κ1) is 12.4. The van der Waals surface area contributed by atoms with E-state index in [2.05, 4.69) is 31.9 Å². The second-order valence-electron chi connectivity index (χ2n) is 4.11. The van der Waals surface area contributed by atoms with Crippen LogP contribution in [0.15, 0.2) is 0 Å². The van der Waals surface area contributed by atoms with Crippen molar-refractivity contribution in [2.24, 2.45) is 17.3 Å². The fraction of sp³-hybridized carbons (Fsp3) is 0.875. The maximum atomic E-state index is 12.9. The molecule has 0 saturated heterocycles. The molecule has 1 fully saturated rings. The maximum absolute atomic E-state index is 12.9. The molecule has 0 spiro atoms. The van der Waals surface area contributed by atoms with Crippen LogP contribution in [0.3, 0.4) is 0 Å². The van der Waals surface area contributed by atoms with Gasteiger partial charge in [0.2, 0.25) is 0 Å². The molecule has 2 nitrogen and oxygen atoms in total. The van der Waals surface area contributed by atoms with E-state index in [1.165, 1.54) is 0 Å². The van der Waals surface area contributed by atoms with E-state index in [1.54, 1.807) is 13.8 Å². The van der Waals surface area contributed by atoms with Gasteiger partial charge in [-0.3, -0.25) is 4.79 Å². The fourth-order valence-corrected chi connectivity index (χ4v) is 3.17. The van der Waals surface area contributed by atoms with Crippen LogP contribution in [-0.2, 0) is 4.79 Å². The zero-order valence-electron chi connectivity index (χ0n) is 7.60. The lowest BCUT2D eigenvalue weighted by atomic mass is 10.1. The Bertz CT molecular complexity index is 263. The molecule has 1 saturated carbocycles. The number of aliphatic carboxylic acids is 1. The Morgan fingerprint density at radius 2 is 2.00 bits per heavy atom. The number of alkyl halides is 4. The standard InChI is InChI=1S/C8H10Br2F2O2/c1-7(2)3(4(7)6(13)14)5(9)8(10,11)12/h3-5H,1-2H3,(H,13,14)/t3-,4+,5?/m1/s1. The molecule has 0 heterocycles. The van der Waals surface area contributed by atoms with Crippen LogP contribution in [0, 0.1) is 17.3 Å². The minimum atomic E-state index is -3.07. The van der Waals surface area contributed by atoms with Gasteiger partial charge in [-0.15, -0.1) is 0 Å². The summed E-state index contributed by atoms with van der Waals surface area (Å²) in [5.41, 5.74) is -0.572. The number of carbonyl (C=O) groups is 1. The summed E-state index contributed by atoms with van der Waals surface area (Å²) in [5.74, 6) is -2.26.